The van der Waals surface area contributed by atoms with Crippen LogP contribution in [0.3, 0.4) is 0 Å². The Morgan fingerprint density at radius 3 is 2.40 bits per heavy atom. The van der Waals surface area contributed by atoms with Gasteiger partial charge in [-0.15, -0.1) is 0 Å². The summed E-state index contributed by atoms with van der Waals surface area (Å²) >= 11 is 5.55. The number of halogens is 4. The lowest BCUT2D eigenvalue weighted by molar-refractivity contribution is -0.138. The maximum atomic E-state index is 12.6. The van der Waals surface area contributed by atoms with Crippen LogP contribution in [0.1, 0.15) is 23.5 Å². The Hall–Kier alpha value is -0.740. The Labute approximate surface area is 90.0 Å². The van der Waals surface area contributed by atoms with E-state index in [-0.39, 0.29) is 22.5 Å². The predicted octanol–water partition coefficient (Wildman–Crippen LogP) is 3.17. The summed E-state index contributed by atoms with van der Waals surface area (Å²) < 4.78 is 37.9. The highest BCUT2D eigenvalue weighted by molar-refractivity contribution is 6.30. The summed E-state index contributed by atoms with van der Waals surface area (Å²) in [5.41, 5.74) is 5.15. The fourth-order valence-electron chi connectivity index (χ4n) is 1.67. The zero-order valence-electron chi connectivity index (χ0n) is 7.68. The number of alkyl halides is 3. The fraction of sp³-hybridized carbons (Fsp3) is 0.400. The zero-order valence-corrected chi connectivity index (χ0v) is 8.44. The van der Waals surface area contributed by atoms with Crippen molar-refractivity contribution in [1.29, 1.82) is 0 Å². The molecule has 1 nitrogen and oxygen atoms in total. The SMILES string of the molecule is N[C@@H]1C[C@H]1c1ccc(Cl)cc1C(F)(F)F. The molecular formula is C10H9ClF3N. The van der Waals surface area contributed by atoms with E-state index in [0.29, 0.717) is 6.42 Å². The van der Waals surface area contributed by atoms with Gasteiger partial charge in [-0.05, 0) is 24.1 Å². The van der Waals surface area contributed by atoms with Gasteiger partial charge >= 0.3 is 6.18 Å². The topological polar surface area (TPSA) is 26.0 Å². The monoisotopic (exact) mass is 235 g/mol. The van der Waals surface area contributed by atoms with E-state index in [4.69, 9.17) is 17.3 Å². The van der Waals surface area contributed by atoms with Gasteiger partial charge in [-0.3, -0.25) is 0 Å². The molecule has 0 bridgehead atoms. The molecule has 0 spiro atoms. The molecule has 82 valence electrons. The lowest BCUT2D eigenvalue weighted by Crippen LogP contribution is -2.10. The highest BCUT2D eigenvalue weighted by Crippen LogP contribution is 2.45. The van der Waals surface area contributed by atoms with Crippen molar-refractivity contribution in [2.24, 2.45) is 5.73 Å². The lowest BCUT2D eigenvalue weighted by Gasteiger charge is -2.12. The lowest BCUT2D eigenvalue weighted by atomic mass is 10.0. The van der Waals surface area contributed by atoms with Gasteiger partial charge in [0, 0.05) is 17.0 Å². The van der Waals surface area contributed by atoms with E-state index in [1.807, 2.05) is 0 Å². The largest absolute Gasteiger partial charge is 0.416 e. The smallest absolute Gasteiger partial charge is 0.327 e. The molecule has 1 saturated carbocycles. The highest BCUT2D eigenvalue weighted by atomic mass is 35.5. The van der Waals surface area contributed by atoms with Crippen LogP contribution in [-0.2, 0) is 6.18 Å². The Kier molecular flexibility index (Phi) is 2.43. The van der Waals surface area contributed by atoms with Crippen molar-refractivity contribution in [3.8, 4) is 0 Å². The molecule has 0 aromatic heterocycles. The van der Waals surface area contributed by atoms with Gasteiger partial charge in [0.1, 0.15) is 0 Å². The summed E-state index contributed by atoms with van der Waals surface area (Å²) in [6.07, 6.45) is -3.74. The van der Waals surface area contributed by atoms with Crippen LogP contribution in [0.15, 0.2) is 18.2 Å². The van der Waals surface area contributed by atoms with E-state index < -0.39 is 11.7 Å². The number of hydrogen-bond donors (Lipinski definition) is 1. The number of nitrogens with two attached hydrogens (primary N) is 1. The van der Waals surface area contributed by atoms with Crippen LogP contribution in [0.5, 0.6) is 0 Å². The molecule has 0 amide bonds. The van der Waals surface area contributed by atoms with Gasteiger partial charge in [0.2, 0.25) is 0 Å². The second-order valence-electron chi connectivity index (χ2n) is 3.74. The molecule has 1 aliphatic rings. The first-order chi connectivity index (χ1) is 6.89. The van der Waals surface area contributed by atoms with E-state index in [2.05, 4.69) is 0 Å². The molecule has 0 heterocycles. The molecule has 0 aliphatic heterocycles. The van der Waals surface area contributed by atoms with Gasteiger partial charge < -0.3 is 5.73 Å². The van der Waals surface area contributed by atoms with Crippen LogP contribution in [0.2, 0.25) is 5.02 Å². The predicted molar refractivity (Wildman–Crippen MR) is 51.8 cm³/mol. The molecule has 0 radical (unpaired) electrons. The molecule has 1 aromatic carbocycles. The van der Waals surface area contributed by atoms with Crippen LogP contribution in [-0.4, -0.2) is 6.04 Å². The first kappa shape index (κ1) is 10.8. The van der Waals surface area contributed by atoms with Crippen LogP contribution in [0, 0.1) is 0 Å². The van der Waals surface area contributed by atoms with Gasteiger partial charge in [-0.1, -0.05) is 17.7 Å². The number of rotatable bonds is 1. The van der Waals surface area contributed by atoms with Crippen molar-refractivity contribution in [1.82, 2.24) is 0 Å². The third-order valence-electron chi connectivity index (χ3n) is 2.56. The van der Waals surface area contributed by atoms with E-state index in [0.717, 1.165) is 6.07 Å². The summed E-state index contributed by atoms with van der Waals surface area (Å²) in [5.74, 6) is -0.168. The summed E-state index contributed by atoms with van der Waals surface area (Å²) in [6.45, 7) is 0. The Balaban J connectivity index is 2.45. The van der Waals surface area contributed by atoms with Crippen molar-refractivity contribution in [3.05, 3.63) is 34.3 Å². The fourth-order valence-corrected chi connectivity index (χ4v) is 1.84. The zero-order chi connectivity index (χ0) is 11.2. The van der Waals surface area contributed by atoms with Crippen molar-refractivity contribution < 1.29 is 13.2 Å². The van der Waals surface area contributed by atoms with Gasteiger partial charge in [0.25, 0.3) is 0 Å². The third kappa shape index (κ3) is 2.11. The molecule has 1 aromatic rings. The van der Waals surface area contributed by atoms with E-state index >= 15 is 0 Å². The summed E-state index contributed by atoms with van der Waals surface area (Å²) in [7, 11) is 0. The Morgan fingerprint density at radius 2 is 1.93 bits per heavy atom. The average molecular weight is 236 g/mol. The first-order valence-corrected chi connectivity index (χ1v) is 4.89. The Bertz CT molecular complexity index is 389. The Morgan fingerprint density at radius 1 is 1.33 bits per heavy atom. The summed E-state index contributed by atoms with van der Waals surface area (Å²) in [5, 5.41) is 0.0975. The molecular weight excluding hydrogens is 227 g/mol. The van der Waals surface area contributed by atoms with Gasteiger partial charge in [0.05, 0.1) is 5.56 Å². The third-order valence-corrected chi connectivity index (χ3v) is 2.80. The molecule has 1 fully saturated rings. The van der Waals surface area contributed by atoms with Gasteiger partial charge in [-0.2, -0.15) is 13.2 Å². The standard InChI is InChI=1S/C10H9ClF3N/c11-5-1-2-6(7-4-9(7)15)8(3-5)10(12,13)14/h1-3,7,9H,4,15H2/t7-,9+/m0/s1. The van der Waals surface area contributed by atoms with Gasteiger partial charge in [0.15, 0.2) is 0 Å². The maximum absolute atomic E-state index is 12.6. The molecule has 2 atom stereocenters. The van der Waals surface area contributed by atoms with Crippen molar-refractivity contribution >= 4 is 11.6 Å². The van der Waals surface area contributed by atoms with E-state index in [9.17, 15) is 13.2 Å². The minimum atomic E-state index is -4.36. The van der Waals surface area contributed by atoms with Crippen LogP contribution < -0.4 is 5.73 Å². The van der Waals surface area contributed by atoms with Crippen molar-refractivity contribution in [2.75, 3.05) is 0 Å². The van der Waals surface area contributed by atoms with Crippen LogP contribution in [0.4, 0.5) is 13.2 Å². The maximum Gasteiger partial charge on any atom is 0.416 e. The van der Waals surface area contributed by atoms with Crippen LogP contribution >= 0.6 is 11.6 Å². The number of hydrogen-bond acceptors (Lipinski definition) is 1. The molecule has 0 saturated heterocycles. The molecule has 1 aliphatic carbocycles. The minimum absolute atomic E-state index is 0.0975. The van der Waals surface area contributed by atoms with Crippen LogP contribution in [0.25, 0.3) is 0 Å². The molecule has 2 rings (SSSR count). The summed E-state index contributed by atoms with van der Waals surface area (Å²) in [6, 6.07) is 3.70. The molecule has 0 unspecified atom stereocenters. The first-order valence-electron chi connectivity index (χ1n) is 4.52. The van der Waals surface area contributed by atoms with Crippen molar-refractivity contribution in [2.45, 2.75) is 24.6 Å². The molecule has 5 heteroatoms. The normalized spacial score (nSPS) is 25.4. The van der Waals surface area contributed by atoms with Crippen molar-refractivity contribution in [3.63, 3.8) is 0 Å². The van der Waals surface area contributed by atoms with E-state index in [1.165, 1.54) is 12.1 Å². The number of benzene rings is 1. The minimum Gasteiger partial charge on any atom is -0.327 e. The summed E-state index contributed by atoms with van der Waals surface area (Å²) in [4.78, 5) is 0. The second kappa shape index (κ2) is 3.39. The highest BCUT2D eigenvalue weighted by Gasteiger charge is 2.42. The second-order valence-corrected chi connectivity index (χ2v) is 4.17. The quantitative estimate of drug-likeness (QED) is 0.795. The average Bonchev–Trinajstić information content (AvgIpc) is 2.81. The van der Waals surface area contributed by atoms with Gasteiger partial charge in [-0.25, -0.2) is 0 Å². The molecule has 15 heavy (non-hydrogen) atoms. The molecule has 2 N–H and O–H groups in total. The van der Waals surface area contributed by atoms with E-state index in [1.54, 1.807) is 0 Å².